The van der Waals surface area contributed by atoms with E-state index >= 15 is 0 Å². The van der Waals surface area contributed by atoms with E-state index in [0.717, 1.165) is 88.8 Å². The molecule has 4 heteroatoms. The van der Waals surface area contributed by atoms with Gasteiger partial charge in [-0.25, -0.2) is 0 Å². The van der Waals surface area contributed by atoms with Crippen molar-refractivity contribution in [2.24, 2.45) is 0 Å². The summed E-state index contributed by atoms with van der Waals surface area (Å²) in [4.78, 5) is 4.80. The highest BCUT2D eigenvalue weighted by molar-refractivity contribution is 6.24. The molecular weight excluding hydrogens is 853 g/mol. The highest BCUT2D eigenvalue weighted by Crippen LogP contribution is 2.50. The van der Waals surface area contributed by atoms with Crippen LogP contribution in [0, 0.1) is 27.7 Å². The van der Waals surface area contributed by atoms with Crippen LogP contribution in [0.1, 0.15) is 124 Å². The van der Waals surface area contributed by atoms with Crippen molar-refractivity contribution in [2.45, 2.75) is 107 Å². The molecule has 0 saturated heterocycles. The Morgan fingerprint density at radius 3 is 1.06 bits per heavy atom. The van der Waals surface area contributed by atoms with Crippen LogP contribution in [0.15, 0.2) is 154 Å². The largest absolute Gasteiger partial charge is 0.452 e. The topological polar surface area (TPSA) is 32.8 Å². The molecule has 350 valence electrons. The van der Waals surface area contributed by atoms with Gasteiger partial charge in [0.1, 0.15) is 11.2 Å². The Labute approximate surface area is 413 Å². The second kappa shape index (κ2) is 17.3. The number of hydrogen-bond acceptors (Lipinski definition) is 4. The van der Waals surface area contributed by atoms with E-state index in [2.05, 4.69) is 238 Å². The van der Waals surface area contributed by atoms with Crippen LogP contribution in [0.5, 0.6) is 0 Å². The fourth-order valence-corrected chi connectivity index (χ4v) is 11.4. The molecule has 0 amide bonds. The van der Waals surface area contributed by atoms with Gasteiger partial charge in [0.25, 0.3) is 0 Å². The van der Waals surface area contributed by atoms with Crippen molar-refractivity contribution in [1.29, 1.82) is 0 Å². The zero-order chi connectivity index (χ0) is 48.9. The lowest BCUT2D eigenvalue weighted by Crippen LogP contribution is -2.11. The molecule has 0 saturated carbocycles. The molecule has 11 aromatic rings. The predicted octanol–water partition coefficient (Wildman–Crippen LogP) is 20.5. The van der Waals surface area contributed by atoms with Gasteiger partial charge in [0, 0.05) is 55.7 Å². The molecule has 0 bridgehead atoms. The molecule has 4 nitrogen and oxygen atoms in total. The van der Waals surface area contributed by atoms with E-state index in [-0.39, 0.29) is 11.8 Å². The number of hydrogen-bond donors (Lipinski definition) is 0. The van der Waals surface area contributed by atoms with Crippen molar-refractivity contribution in [3.63, 3.8) is 0 Å². The smallest absolute Gasteiger partial charge is 0.178 e. The zero-order valence-corrected chi connectivity index (χ0v) is 42.9. The second-order valence-electron chi connectivity index (χ2n) is 21.4. The molecule has 0 aliphatic carbocycles. The van der Waals surface area contributed by atoms with Gasteiger partial charge in [-0.05, 0) is 214 Å². The van der Waals surface area contributed by atoms with Gasteiger partial charge in [-0.2, -0.15) is 0 Å². The molecule has 2 heterocycles. The SMILES string of the molecule is Cc1cc(C)cc(N(c2cccc(C(C)C)c2)c2ccc3cc4c(cc3c2)oc2c3oc5cc6cc(N(c7cc(C)cc(C)c7)c7cccc(C(C)C)c7)ccc6cc5c3c(C(C)C)c(C(C)C)c42)c1. The Hall–Kier alpha value is -7.30. The summed E-state index contributed by atoms with van der Waals surface area (Å²) in [6.07, 6.45) is 0. The molecule has 0 aliphatic rings. The maximum atomic E-state index is 7.15. The first kappa shape index (κ1) is 45.2. The number of nitrogens with zero attached hydrogens (tertiary/aromatic N) is 2. The van der Waals surface area contributed by atoms with Crippen molar-refractivity contribution in [3.05, 3.63) is 190 Å². The zero-order valence-electron chi connectivity index (χ0n) is 42.9. The molecule has 0 aliphatic heterocycles. The molecule has 0 N–H and O–H groups in total. The fourth-order valence-electron chi connectivity index (χ4n) is 11.4. The number of fused-ring (bicyclic) bond motifs is 9. The molecular formula is C66H64N2O2. The van der Waals surface area contributed by atoms with Crippen molar-refractivity contribution in [2.75, 3.05) is 9.80 Å². The summed E-state index contributed by atoms with van der Waals surface area (Å²) in [5.41, 5.74) is 20.5. The maximum absolute atomic E-state index is 7.15. The number of aryl methyl sites for hydroxylation is 4. The van der Waals surface area contributed by atoms with E-state index < -0.39 is 0 Å². The van der Waals surface area contributed by atoms with E-state index in [1.807, 2.05) is 0 Å². The molecule has 0 atom stereocenters. The molecule has 0 fully saturated rings. The quantitative estimate of drug-likeness (QED) is 0.137. The van der Waals surface area contributed by atoms with E-state index in [4.69, 9.17) is 8.83 Å². The Kier molecular flexibility index (Phi) is 11.1. The van der Waals surface area contributed by atoms with E-state index in [0.29, 0.717) is 11.8 Å². The Morgan fingerprint density at radius 1 is 0.329 bits per heavy atom. The first-order valence-electron chi connectivity index (χ1n) is 25.3. The summed E-state index contributed by atoms with van der Waals surface area (Å²) in [5.74, 6) is 1.32. The van der Waals surface area contributed by atoms with Crippen LogP contribution in [0.25, 0.3) is 65.4 Å². The number of anilines is 6. The number of benzene rings is 9. The lowest BCUT2D eigenvalue weighted by atomic mass is 9.84. The lowest BCUT2D eigenvalue weighted by molar-refractivity contribution is 0.632. The van der Waals surface area contributed by atoms with E-state index in [9.17, 15) is 0 Å². The third-order valence-corrected chi connectivity index (χ3v) is 14.5. The van der Waals surface area contributed by atoms with Gasteiger partial charge in [-0.3, -0.25) is 0 Å². The average Bonchev–Trinajstić information content (AvgIpc) is 3.87. The molecule has 0 unspecified atom stereocenters. The summed E-state index contributed by atoms with van der Waals surface area (Å²) in [7, 11) is 0. The van der Waals surface area contributed by atoms with Crippen LogP contribution in [-0.2, 0) is 0 Å². The molecule has 0 radical (unpaired) electrons. The summed E-state index contributed by atoms with van der Waals surface area (Å²) in [6, 6.07) is 54.5. The maximum Gasteiger partial charge on any atom is 0.178 e. The summed E-state index contributed by atoms with van der Waals surface area (Å²) < 4.78 is 14.3. The van der Waals surface area contributed by atoms with Crippen LogP contribution in [0.4, 0.5) is 34.1 Å². The minimum Gasteiger partial charge on any atom is -0.452 e. The van der Waals surface area contributed by atoms with E-state index in [1.165, 1.54) is 55.3 Å². The van der Waals surface area contributed by atoms with Gasteiger partial charge in [-0.15, -0.1) is 0 Å². The number of furan rings is 2. The minimum atomic E-state index is 0.245. The second-order valence-corrected chi connectivity index (χ2v) is 21.4. The van der Waals surface area contributed by atoms with Crippen molar-refractivity contribution in [3.8, 4) is 0 Å². The monoisotopic (exact) mass is 916 g/mol. The minimum absolute atomic E-state index is 0.245. The van der Waals surface area contributed by atoms with Crippen LogP contribution in [0.3, 0.4) is 0 Å². The normalized spacial score (nSPS) is 12.2. The standard InChI is InChI=1S/C66H64N2O2/c1-37(2)45-15-13-17-51(29-45)67(55-25-41(9)23-42(10)26-55)53-21-19-47-33-57-59(35-49(47)31-53)69-65-63(57)61(39(5)6)62(40(7)8)64-58-34-48-20-22-54(32-50(48)36-60(58)70-66(64)65)68(56-27-43(11)24-44(12)28-56)52-18-14-16-46(30-52)38(3)4/h13-40H,1-12H3. The molecule has 70 heavy (non-hydrogen) atoms. The summed E-state index contributed by atoms with van der Waals surface area (Å²) >= 11 is 0. The lowest BCUT2D eigenvalue weighted by Gasteiger charge is -2.27. The summed E-state index contributed by atoms with van der Waals surface area (Å²) in [5, 5.41) is 9.18. The average molecular weight is 917 g/mol. The predicted molar refractivity (Wildman–Crippen MR) is 301 cm³/mol. The summed E-state index contributed by atoms with van der Waals surface area (Å²) in [6.45, 7) is 27.1. The third kappa shape index (κ3) is 7.79. The Balaban J connectivity index is 1.11. The third-order valence-electron chi connectivity index (χ3n) is 14.5. The molecule has 2 aromatic heterocycles. The molecule has 0 spiro atoms. The van der Waals surface area contributed by atoms with Gasteiger partial charge >= 0.3 is 0 Å². The number of rotatable bonds is 10. The van der Waals surface area contributed by atoms with Gasteiger partial charge in [0.15, 0.2) is 11.2 Å². The van der Waals surface area contributed by atoms with Crippen LogP contribution in [-0.4, -0.2) is 0 Å². The Morgan fingerprint density at radius 2 is 0.700 bits per heavy atom. The highest BCUT2D eigenvalue weighted by Gasteiger charge is 2.28. The Bertz CT molecular complexity index is 3570. The van der Waals surface area contributed by atoms with E-state index in [1.54, 1.807) is 0 Å². The van der Waals surface area contributed by atoms with Crippen LogP contribution in [0.2, 0.25) is 0 Å². The molecule has 9 aromatic carbocycles. The van der Waals surface area contributed by atoms with Crippen LogP contribution >= 0.6 is 0 Å². The fraction of sp³-hybridized carbons (Fsp3) is 0.242. The van der Waals surface area contributed by atoms with Gasteiger partial charge < -0.3 is 18.6 Å². The van der Waals surface area contributed by atoms with Crippen molar-refractivity contribution >= 4 is 99.5 Å². The molecule has 11 rings (SSSR count). The highest BCUT2D eigenvalue weighted by atomic mass is 16.4. The van der Waals surface area contributed by atoms with Crippen molar-refractivity contribution < 1.29 is 8.83 Å². The van der Waals surface area contributed by atoms with Gasteiger partial charge in [0.05, 0.1) is 0 Å². The van der Waals surface area contributed by atoms with Gasteiger partial charge in [0.2, 0.25) is 0 Å². The van der Waals surface area contributed by atoms with Crippen LogP contribution < -0.4 is 9.80 Å². The first-order valence-corrected chi connectivity index (χ1v) is 25.3. The first-order chi connectivity index (χ1) is 33.6. The van der Waals surface area contributed by atoms with Crippen molar-refractivity contribution in [1.82, 2.24) is 0 Å². The van der Waals surface area contributed by atoms with Gasteiger partial charge in [-0.1, -0.05) is 104 Å².